The average Bonchev–Trinajstić information content (AvgIpc) is 2.83. The van der Waals surface area contributed by atoms with Gasteiger partial charge in [-0.1, -0.05) is 6.07 Å². The van der Waals surface area contributed by atoms with Crippen molar-refractivity contribution in [3.63, 3.8) is 0 Å². The summed E-state index contributed by atoms with van der Waals surface area (Å²) in [4.78, 5) is 14.8. The number of nitrogens with one attached hydrogen (secondary N) is 1. The van der Waals surface area contributed by atoms with Gasteiger partial charge in [-0.2, -0.15) is 0 Å². The number of hydrogen-bond donors (Lipinski definition) is 1. The van der Waals surface area contributed by atoms with E-state index < -0.39 is 0 Å². The number of benzene rings is 1. The molecule has 3 rings (SSSR count). The molecule has 0 spiro atoms. The normalized spacial score (nSPS) is 29.2. The fourth-order valence-corrected chi connectivity index (χ4v) is 3.30. The molecule has 2 saturated heterocycles. The Balaban J connectivity index is 1.62. The summed E-state index contributed by atoms with van der Waals surface area (Å²) < 4.78 is 5.70. The third-order valence-corrected chi connectivity index (χ3v) is 4.70. The first-order chi connectivity index (χ1) is 10.0. The molecule has 4 heteroatoms. The highest BCUT2D eigenvalue weighted by molar-refractivity contribution is 5.94. The molecule has 0 unspecified atom stereocenters. The van der Waals surface area contributed by atoms with Crippen LogP contribution in [-0.4, -0.2) is 48.7 Å². The summed E-state index contributed by atoms with van der Waals surface area (Å²) in [6, 6.07) is 6.59. The predicted molar refractivity (Wildman–Crippen MR) is 82.6 cm³/mol. The van der Waals surface area contributed by atoms with Crippen molar-refractivity contribution in [2.75, 3.05) is 19.7 Å². The number of carbonyl (C=O) groups excluding carboxylic acids is 1. The number of rotatable bonds is 2. The maximum atomic E-state index is 12.4. The molecule has 1 N–H and O–H groups in total. The summed E-state index contributed by atoms with van der Waals surface area (Å²) in [6.07, 6.45) is 1.29. The zero-order chi connectivity index (χ0) is 15.0. The fraction of sp³-hybridized carbons (Fsp3) is 0.588. The predicted octanol–water partition coefficient (Wildman–Crippen LogP) is 1.89. The lowest BCUT2D eigenvalue weighted by Crippen LogP contribution is -2.45. The number of amides is 1. The van der Waals surface area contributed by atoms with E-state index in [2.05, 4.69) is 24.1 Å². The van der Waals surface area contributed by atoms with Gasteiger partial charge in [0.1, 0.15) is 0 Å². The van der Waals surface area contributed by atoms with Gasteiger partial charge in [0.25, 0.3) is 5.91 Å². The van der Waals surface area contributed by atoms with Crippen molar-refractivity contribution in [2.24, 2.45) is 0 Å². The third kappa shape index (κ3) is 3.11. The van der Waals surface area contributed by atoms with Crippen molar-refractivity contribution in [1.29, 1.82) is 0 Å². The molecule has 4 nitrogen and oxygen atoms in total. The number of nitrogens with zero attached hydrogens (tertiary/aromatic N) is 1. The maximum Gasteiger partial charge on any atom is 0.251 e. The quantitative estimate of drug-likeness (QED) is 0.903. The molecule has 2 aliphatic heterocycles. The third-order valence-electron chi connectivity index (χ3n) is 4.70. The number of fused-ring (bicyclic) bond motifs is 1. The molecule has 21 heavy (non-hydrogen) atoms. The van der Waals surface area contributed by atoms with Crippen LogP contribution in [0.3, 0.4) is 0 Å². The molecule has 0 radical (unpaired) electrons. The van der Waals surface area contributed by atoms with Crippen LogP contribution in [0.2, 0.25) is 0 Å². The highest BCUT2D eigenvalue weighted by Crippen LogP contribution is 2.23. The monoisotopic (exact) mass is 288 g/mol. The molecular weight excluding hydrogens is 264 g/mol. The van der Waals surface area contributed by atoms with Gasteiger partial charge in [-0.25, -0.2) is 0 Å². The number of ether oxygens (including phenoxy) is 1. The second-order valence-corrected chi connectivity index (χ2v) is 6.46. The van der Waals surface area contributed by atoms with Gasteiger partial charge in [-0.05, 0) is 50.5 Å². The minimum Gasteiger partial charge on any atom is -0.376 e. The van der Waals surface area contributed by atoms with Crippen LogP contribution < -0.4 is 5.32 Å². The van der Waals surface area contributed by atoms with Crippen molar-refractivity contribution < 1.29 is 9.53 Å². The largest absolute Gasteiger partial charge is 0.376 e. The lowest BCUT2D eigenvalue weighted by Gasteiger charge is -2.33. The van der Waals surface area contributed by atoms with Crippen LogP contribution in [0.25, 0.3) is 0 Å². The molecule has 0 bridgehead atoms. The Bertz CT molecular complexity index is 544. The first-order valence-electron chi connectivity index (χ1n) is 7.76. The fourth-order valence-electron chi connectivity index (χ4n) is 3.30. The van der Waals surface area contributed by atoms with Crippen molar-refractivity contribution >= 4 is 5.91 Å². The van der Waals surface area contributed by atoms with E-state index in [1.807, 2.05) is 25.1 Å². The van der Waals surface area contributed by atoms with Gasteiger partial charge in [-0.15, -0.1) is 0 Å². The van der Waals surface area contributed by atoms with Gasteiger partial charge < -0.3 is 10.1 Å². The van der Waals surface area contributed by atoms with Crippen LogP contribution in [0.1, 0.15) is 34.8 Å². The highest BCUT2D eigenvalue weighted by Gasteiger charge is 2.36. The molecule has 1 aromatic carbocycles. The topological polar surface area (TPSA) is 41.6 Å². The molecule has 2 fully saturated rings. The summed E-state index contributed by atoms with van der Waals surface area (Å²) in [6.45, 7) is 8.91. The first-order valence-corrected chi connectivity index (χ1v) is 7.76. The number of carbonyl (C=O) groups is 1. The van der Waals surface area contributed by atoms with Gasteiger partial charge in [0.05, 0.1) is 12.7 Å². The summed E-state index contributed by atoms with van der Waals surface area (Å²) in [7, 11) is 0. The van der Waals surface area contributed by atoms with Gasteiger partial charge in [0, 0.05) is 30.7 Å². The molecule has 2 heterocycles. The molecule has 1 amide bonds. The van der Waals surface area contributed by atoms with E-state index in [0.29, 0.717) is 12.1 Å². The molecule has 0 aromatic heterocycles. The number of aryl methyl sites for hydroxylation is 2. The van der Waals surface area contributed by atoms with E-state index in [-0.39, 0.29) is 11.9 Å². The molecule has 0 saturated carbocycles. The number of hydrogen-bond acceptors (Lipinski definition) is 3. The Labute approximate surface area is 126 Å². The van der Waals surface area contributed by atoms with E-state index in [4.69, 9.17) is 4.74 Å². The molecule has 3 atom stereocenters. The van der Waals surface area contributed by atoms with Gasteiger partial charge in [-0.3, -0.25) is 9.69 Å². The van der Waals surface area contributed by atoms with Gasteiger partial charge >= 0.3 is 0 Å². The van der Waals surface area contributed by atoms with Crippen LogP contribution in [0, 0.1) is 13.8 Å². The van der Waals surface area contributed by atoms with Crippen molar-refractivity contribution in [3.8, 4) is 0 Å². The Morgan fingerprint density at radius 3 is 2.86 bits per heavy atom. The Morgan fingerprint density at radius 2 is 2.10 bits per heavy atom. The molecular formula is C17H24N2O2. The highest BCUT2D eigenvalue weighted by atomic mass is 16.5. The van der Waals surface area contributed by atoms with E-state index in [1.54, 1.807) is 0 Å². The molecule has 0 aliphatic carbocycles. The van der Waals surface area contributed by atoms with E-state index in [1.165, 1.54) is 5.56 Å². The zero-order valence-corrected chi connectivity index (χ0v) is 13.1. The van der Waals surface area contributed by atoms with Crippen molar-refractivity contribution in [2.45, 2.75) is 45.4 Å². The van der Waals surface area contributed by atoms with E-state index >= 15 is 0 Å². The summed E-state index contributed by atoms with van der Waals surface area (Å²) in [5.41, 5.74) is 3.14. The second kappa shape index (κ2) is 5.78. The standard InChI is InChI=1S/C17H24N2O2/c1-11-4-5-14(6-12(11)2)17(20)18-15-7-16-10-21-13(3)8-19(16)9-15/h4-6,13,15-16H,7-10H2,1-3H3,(H,18,20)/t13-,15+,16-/m0/s1. The van der Waals surface area contributed by atoms with Crippen LogP contribution >= 0.6 is 0 Å². The van der Waals surface area contributed by atoms with Gasteiger partial charge in [0.2, 0.25) is 0 Å². The molecule has 1 aromatic rings. The van der Waals surface area contributed by atoms with Crippen molar-refractivity contribution in [3.05, 3.63) is 34.9 Å². The Morgan fingerprint density at radius 1 is 1.29 bits per heavy atom. The van der Waals surface area contributed by atoms with E-state index in [0.717, 1.165) is 37.2 Å². The van der Waals surface area contributed by atoms with Crippen molar-refractivity contribution in [1.82, 2.24) is 10.2 Å². The van der Waals surface area contributed by atoms with Crippen LogP contribution in [-0.2, 0) is 4.74 Å². The summed E-state index contributed by atoms with van der Waals surface area (Å²) in [5, 5.41) is 3.18. The maximum absolute atomic E-state index is 12.4. The Hall–Kier alpha value is -1.39. The van der Waals surface area contributed by atoms with Gasteiger partial charge in [0.15, 0.2) is 0 Å². The number of morpholine rings is 1. The Kier molecular flexibility index (Phi) is 4.00. The average molecular weight is 288 g/mol. The zero-order valence-electron chi connectivity index (χ0n) is 13.1. The van der Waals surface area contributed by atoms with Crippen LogP contribution in [0.15, 0.2) is 18.2 Å². The lowest BCUT2D eigenvalue weighted by atomic mass is 10.1. The second-order valence-electron chi connectivity index (χ2n) is 6.46. The smallest absolute Gasteiger partial charge is 0.251 e. The van der Waals surface area contributed by atoms with E-state index in [9.17, 15) is 4.79 Å². The first kappa shape index (κ1) is 14.5. The summed E-state index contributed by atoms with van der Waals surface area (Å²) in [5.74, 6) is 0.0388. The van der Waals surface area contributed by atoms with Crippen LogP contribution in [0.4, 0.5) is 0 Å². The molecule has 114 valence electrons. The SMILES string of the molecule is Cc1ccc(C(=O)N[C@@H]2C[C@H]3CO[C@@H](C)CN3C2)cc1C. The molecule has 2 aliphatic rings. The minimum absolute atomic E-state index is 0.0388. The minimum atomic E-state index is 0.0388. The lowest BCUT2D eigenvalue weighted by molar-refractivity contribution is -0.0390. The van der Waals surface area contributed by atoms with Crippen LogP contribution in [0.5, 0.6) is 0 Å². The summed E-state index contributed by atoms with van der Waals surface area (Å²) >= 11 is 0.